The summed E-state index contributed by atoms with van der Waals surface area (Å²) in [4.78, 5) is 14.0. The van der Waals surface area contributed by atoms with E-state index in [0.29, 0.717) is 11.5 Å². The summed E-state index contributed by atoms with van der Waals surface area (Å²) in [7, 11) is 1.54. The quantitative estimate of drug-likeness (QED) is 0.901. The zero-order valence-electron chi connectivity index (χ0n) is 12.5. The first-order valence-electron chi connectivity index (χ1n) is 7.43. The highest BCUT2D eigenvalue weighted by Gasteiger charge is 2.16. The lowest BCUT2D eigenvalue weighted by atomic mass is 10.2. The molecule has 1 aliphatic heterocycles. The normalized spacial score (nSPS) is 15.4. The van der Waals surface area contributed by atoms with Gasteiger partial charge in [0.1, 0.15) is 0 Å². The summed E-state index contributed by atoms with van der Waals surface area (Å²) in [5.74, 6) is 1.08. The monoisotopic (exact) mass is 293 g/mol. The Morgan fingerprint density at radius 2 is 1.90 bits per heavy atom. The van der Waals surface area contributed by atoms with Crippen LogP contribution in [0, 0.1) is 0 Å². The van der Waals surface area contributed by atoms with Crippen molar-refractivity contribution in [1.82, 2.24) is 4.90 Å². The van der Waals surface area contributed by atoms with E-state index in [-0.39, 0.29) is 19.1 Å². The zero-order valence-corrected chi connectivity index (χ0v) is 12.5. The summed E-state index contributed by atoms with van der Waals surface area (Å²) >= 11 is 0. The SMILES string of the molecule is COc1cc(CO)ccc1OCC(=O)N1CCCCCC1. The van der Waals surface area contributed by atoms with Crippen LogP contribution in [0.5, 0.6) is 11.5 Å². The molecule has 1 aromatic rings. The number of rotatable bonds is 5. The van der Waals surface area contributed by atoms with Crippen molar-refractivity contribution < 1.29 is 19.4 Å². The summed E-state index contributed by atoms with van der Waals surface area (Å²) in [5.41, 5.74) is 0.748. The molecule has 0 unspecified atom stereocenters. The molecule has 1 saturated heterocycles. The van der Waals surface area contributed by atoms with Gasteiger partial charge in [-0.15, -0.1) is 0 Å². The predicted octanol–water partition coefficient (Wildman–Crippen LogP) is 1.97. The first-order chi connectivity index (χ1) is 10.2. The molecule has 1 amide bonds. The van der Waals surface area contributed by atoms with E-state index in [1.54, 1.807) is 25.3 Å². The Hall–Kier alpha value is -1.75. The number of ether oxygens (including phenoxy) is 2. The number of carbonyl (C=O) groups excluding carboxylic acids is 1. The van der Waals surface area contributed by atoms with Crippen LogP contribution in [-0.2, 0) is 11.4 Å². The van der Waals surface area contributed by atoms with Crippen LogP contribution in [0.3, 0.4) is 0 Å². The second kappa shape index (κ2) is 7.88. The lowest BCUT2D eigenvalue weighted by Crippen LogP contribution is -2.35. The largest absolute Gasteiger partial charge is 0.493 e. The number of carbonyl (C=O) groups is 1. The van der Waals surface area contributed by atoms with Gasteiger partial charge in [0.05, 0.1) is 13.7 Å². The van der Waals surface area contributed by atoms with E-state index >= 15 is 0 Å². The third-order valence-electron chi connectivity index (χ3n) is 3.72. The Bertz CT molecular complexity index is 467. The van der Waals surface area contributed by atoms with Crippen LogP contribution in [0.4, 0.5) is 0 Å². The van der Waals surface area contributed by atoms with Crippen LogP contribution >= 0.6 is 0 Å². The van der Waals surface area contributed by atoms with Crippen molar-refractivity contribution in [1.29, 1.82) is 0 Å². The first-order valence-corrected chi connectivity index (χ1v) is 7.43. The molecule has 0 atom stereocenters. The minimum absolute atomic E-state index is 0.0187. The lowest BCUT2D eigenvalue weighted by molar-refractivity contribution is -0.133. The van der Waals surface area contributed by atoms with Crippen molar-refractivity contribution >= 4 is 5.91 Å². The Balaban J connectivity index is 1.94. The molecule has 5 nitrogen and oxygen atoms in total. The molecule has 0 aromatic heterocycles. The maximum Gasteiger partial charge on any atom is 0.260 e. The second-order valence-corrected chi connectivity index (χ2v) is 5.23. The molecule has 1 aromatic carbocycles. The molecular formula is C16H23NO4. The Morgan fingerprint density at radius 1 is 1.19 bits per heavy atom. The maximum absolute atomic E-state index is 12.2. The molecule has 21 heavy (non-hydrogen) atoms. The van der Waals surface area contributed by atoms with Crippen LogP contribution < -0.4 is 9.47 Å². The van der Waals surface area contributed by atoms with Crippen molar-refractivity contribution in [2.75, 3.05) is 26.8 Å². The summed E-state index contributed by atoms with van der Waals surface area (Å²) in [6.07, 6.45) is 4.53. The minimum atomic E-state index is -0.0522. The van der Waals surface area contributed by atoms with E-state index in [2.05, 4.69) is 0 Å². The van der Waals surface area contributed by atoms with Gasteiger partial charge in [-0.3, -0.25) is 4.79 Å². The van der Waals surface area contributed by atoms with E-state index < -0.39 is 0 Å². The van der Waals surface area contributed by atoms with Gasteiger partial charge in [0.15, 0.2) is 18.1 Å². The highest BCUT2D eigenvalue weighted by molar-refractivity contribution is 5.77. The van der Waals surface area contributed by atoms with Crippen molar-refractivity contribution in [3.05, 3.63) is 23.8 Å². The van der Waals surface area contributed by atoms with Gasteiger partial charge in [-0.25, -0.2) is 0 Å². The predicted molar refractivity (Wildman–Crippen MR) is 79.5 cm³/mol. The fourth-order valence-electron chi connectivity index (χ4n) is 2.48. The average Bonchev–Trinajstić information content (AvgIpc) is 2.81. The third-order valence-corrected chi connectivity index (χ3v) is 3.72. The number of methoxy groups -OCH3 is 1. The standard InChI is InChI=1S/C16H23NO4/c1-20-15-10-13(11-18)6-7-14(15)21-12-16(19)17-8-4-2-3-5-9-17/h6-7,10,18H,2-5,8-9,11-12H2,1H3. The van der Waals surface area contributed by atoms with Gasteiger partial charge in [-0.2, -0.15) is 0 Å². The Kier molecular flexibility index (Phi) is 5.87. The number of aliphatic hydroxyl groups is 1. The Morgan fingerprint density at radius 3 is 2.52 bits per heavy atom. The van der Waals surface area contributed by atoms with E-state index in [1.165, 1.54) is 12.8 Å². The van der Waals surface area contributed by atoms with Gasteiger partial charge in [0, 0.05) is 13.1 Å². The summed E-state index contributed by atoms with van der Waals surface area (Å²) in [6, 6.07) is 5.19. The van der Waals surface area contributed by atoms with Crippen LogP contribution in [0.2, 0.25) is 0 Å². The van der Waals surface area contributed by atoms with Gasteiger partial charge < -0.3 is 19.5 Å². The highest BCUT2D eigenvalue weighted by atomic mass is 16.5. The first kappa shape index (κ1) is 15.6. The topological polar surface area (TPSA) is 59.0 Å². The molecule has 116 valence electrons. The number of nitrogens with zero attached hydrogens (tertiary/aromatic N) is 1. The fraction of sp³-hybridized carbons (Fsp3) is 0.562. The minimum Gasteiger partial charge on any atom is -0.493 e. The van der Waals surface area contributed by atoms with Gasteiger partial charge in [0.2, 0.25) is 0 Å². The summed E-state index contributed by atoms with van der Waals surface area (Å²) < 4.78 is 10.8. The van der Waals surface area contributed by atoms with Crippen LogP contribution in [0.25, 0.3) is 0 Å². The van der Waals surface area contributed by atoms with E-state index in [9.17, 15) is 4.79 Å². The highest BCUT2D eigenvalue weighted by Crippen LogP contribution is 2.28. The molecule has 5 heteroatoms. The van der Waals surface area contributed by atoms with Crippen LogP contribution in [-0.4, -0.2) is 42.7 Å². The molecule has 0 aliphatic carbocycles. The molecule has 0 spiro atoms. The van der Waals surface area contributed by atoms with Gasteiger partial charge in [-0.1, -0.05) is 18.9 Å². The molecule has 1 N–H and O–H groups in total. The van der Waals surface area contributed by atoms with Gasteiger partial charge in [-0.05, 0) is 30.5 Å². The maximum atomic E-state index is 12.2. The number of benzene rings is 1. The summed E-state index contributed by atoms with van der Waals surface area (Å²) in [6.45, 7) is 1.61. The number of aliphatic hydroxyl groups excluding tert-OH is 1. The summed E-state index contributed by atoms with van der Waals surface area (Å²) in [5, 5.41) is 9.11. The molecule has 1 heterocycles. The lowest BCUT2D eigenvalue weighted by Gasteiger charge is -2.20. The van der Waals surface area contributed by atoms with Gasteiger partial charge in [0.25, 0.3) is 5.91 Å². The van der Waals surface area contributed by atoms with Crippen LogP contribution in [0.1, 0.15) is 31.2 Å². The molecule has 1 fully saturated rings. The van der Waals surface area contributed by atoms with Crippen molar-refractivity contribution in [2.24, 2.45) is 0 Å². The van der Waals surface area contributed by atoms with Crippen molar-refractivity contribution in [3.63, 3.8) is 0 Å². The number of amides is 1. The number of hydrogen-bond acceptors (Lipinski definition) is 4. The second-order valence-electron chi connectivity index (χ2n) is 5.23. The van der Waals surface area contributed by atoms with Gasteiger partial charge >= 0.3 is 0 Å². The van der Waals surface area contributed by atoms with E-state index in [4.69, 9.17) is 14.6 Å². The molecular weight excluding hydrogens is 270 g/mol. The number of hydrogen-bond donors (Lipinski definition) is 1. The zero-order chi connectivity index (χ0) is 15.1. The van der Waals surface area contributed by atoms with Crippen molar-refractivity contribution in [2.45, 2.75) is 32.3 Å². The molecule has 2 rings (SSSR count). The van der Waals surface area contributed by atoms with Crippen LogP contribution in [0.15, 0.2) is 18.2 Å². The third kappa shape index (κ3) is 4.36. The Labute approximate surface area is 125 Å². The molecule has 1 aliphatic rings. The molecule has 0 radical (unpaired) electrons. The van der Waals surface area contributed by atoms with Crippen molar-refractivity contribution in [3.8, 4) is 11.5 Å². The fourth-order valence-corrected chi connectivity index (χ4v) is 2.48. The number of likely N-dealkylation sites (tertiary alicyclic amines) is 1. The van der Waals surface area contributed by atoms with E-state index in [1.807, 2.05) is 4.90 Å². The smallest absolute Gasteiger partial charge is 0.260 e. The molecule has 0 saturated carbocycles. The molecule has 0 bridgehead atoms. The van der Waals surface area contributed by atoms with E-state index in [0.717, 1.165) is 31.5 Å². The average molecular weight is 293 g/mol.